The van der Waals surface area contributed by atoms with Gasteiger partial charge in [0.05, 0.1) is 101 Å². The van der Waals surface area contributed by atoms with E-state index in [0.717, 1.165) is 6.92 Å². The Morgan fingerprint density at radius 3 is 1.08 bits per heavy atom. The molecule has 0 saturated carbocycles. The second-order valence-electron chi connectivity index (χ2n) is 31.9. The molecule has 8 aliphatic rings. The van der Waals surface area contributed by atoms with Gasteiger partial charge >= 0.3 is 23.9 Å². The summed E-state index contributed by atoms with van der Waals surface area (Å²) in [6.07, 6.45) is -96.7. The molecule has 0 unspecified atom stereocenters. The Kier molecular flexibility index (Phi) is 39.0. The zero-order valence-electron chi connectivity index (χ0n) is 68.8. The molecular formula is C70H113N5O56. The van der Waals surface area contributed by atoms with Crippen molar-refractivity contribution in [1.29, 1.82) is 0 Å². The Balaban J connectivity index is 1.31. The minimum Gasteiger partial charge on any atom is -0.477 e. The van der Waals surface area contributed by atoms with Crippen LogP contribution >= 0.6 is 0 Å². The molecule has 754 valence electrons. The highest BCUT2D eigenvalue weighted by Crippen LogP contribution is 2.45. The van der Waals surface area contributed by atoms with E-state index in [1.807, 2.05) is 16.0 Å². The quantitative estimate of drug-likeness (QED) is 0.0270. The molecular weight excluding hydrogens is 1810 g/mol. The number of carbonyl (C=O) groups excluding carboxylic acids is 5. The maximum Gasteiger partial charge on any atom is 0.364 e. The van der Waals surface area contributed by atoms with E-state index in [1.165, 1.54) is 0 Å². The van der Waals surface area contributed by atoms with Gasteiger partial charge in [-0.25, -0.2) is 19.2 Å². The molecule has 61 nitrogen and oxygen atoms in total. The van der Waals surface area contributed by atoms with Crippen molar-refractivity contribution in [2.75, 3.05) is 72.7 Å². The number of aliphatic carboxylic acids is 4. The first-order valence-electron chi connectivity index (χ1n) is 40.1. The maximum absolute atomic E-state index is 14.5. The van der Waals surface area contributed by atoms with E-state index < -0.39 is 420 Å². The average Bonchev–Trinajstić information content (AvgIpc) is 0.601. The van der Waals surface area contributed by atoms with Crippen molar-refractivity contribution in [2.45, 2.75) is 307 Å². The SMILES string of the molecule is CC(=O)N[C@H]1[C@H](O[C@@H]2[C@H](O[C@]3(C(=O)O)C[C@H](O)[C@@H](NC(C)=O)[C@H]([C@H](O)[C@@H](CO)O[C@]4(C(=O)O)C[C@H](O)[C@@H](NC(=O)CO)[C@H]([C@H](O)[C@H](O)CO)O4)O3)[C@@H](O)[C@H](O[C@H]3[C@H](O)[C@@H](O)[C@H](O)O[C@@H]3CO)O[C@@H]2CO)O[C@H](CO[C@]2(C(=O)O)C[C@H](O)[C@@H](NC(=O)CO)[C@H]([C@H](O)[C@H](O)CO)O2)[C@H](O)[C@@H]1O[C@@H]1O[C@H](CO)[C@H](O)[C@H](O[C@]2(C(=O)O)C[C@H](O)[C@@H](NC(=O)CO)[C@H]([C@H](O)[C@H](O)CO)O2)[C@H]1O. The van der Waals surface area contributed by atoms with Crippen molar-refractivity contribution in [3.05, 3.63) is 0 Å². The Labute approximate surface area is 735 Å². The van der Waals surface area contributed by atoms with Gasteiger partial charge in [0, 0.05) is 39.5 Å². The molecule has 0 aromatic carbocycles. The third-order valence-electron chi connectivity index (χ3n) is 22.9. The molecule has 61 heteroatoms. The second kappa shape index (κ2) is 46.6. The zero-order valence-corrected chi connectivity index (χ0v) is 68.8. The zero-order chi connectivity index (χ0) is 98.0. The van der Waals surface area contributed by atoms with Gasteiger partial charge in [-0.2, -0.15) is 0 Å². The summed E-state index contributed by atoms with van der Waals surface area (Å²) in [5, 5.41) is 365. The van der Waals surface area contributed by atoms with Gasteiger partial charge in [-0.15, -0.1) is 0 Å². The molecule has 8 rings (SSSR count). The number of hydrogen-bond donors (Lipinski definition) is 37. The van der Waals surface area contributed by atoms with Gasteiger partial charge in [-0.3, -0.25) is 24.0 Å². The molecule has 0 aromatic heterocycles. The van der Waals surface area contributed by atoms with E-state index in [-0.39, 0.29) is 0 Å². The van der Waals surface area contributed by atoms with Crippen LogP contribution in [0.15, 0.2) is 0 Å². The summed E-state index contributed by atoms with van der Waals surface area (Å²) >= 11 is 0. The van der Waals surface area contributed by atoms with Gasteiger partial charge < -0.3 is 261 Å². The summed E-state index contributed by atoms with van der Waals surface area (Å²) in [5.74, 6) is -30.9. The fraction of sp³-hybridized carbons (Fsp3) is 0.871. The summed E-state index contributed by atoms with van der Waals surface area (Å²) in [6, 6.07) is -11.1. The van der Waals surface area contributed by atoms with Crippen molar-refractivity contribution in [3.63, 3.8) is 0 Å². The topological polar surface area (TPSA) is 1000 Å². The lowest BCUT2D eigenvalue weighted by atomic mass is 9.87. The van der Waals surface area contributed by atoms with Crippen LogP contribution in [0, 0.1) is 0 Å². The van der Waals surface area contributed by atoms with E-state index in [9.17, 15) is 207 Å². The lowest BCUT2D eigenvalue weighted by Gasteiger charge is -2.53. The number of carboxylic acids is 4. The molecule has 8 fully saturated rings. The normalized spacial score (nSPS) is 41.8. The van der Waals surface area contributed by atoms with Gasteiger partial charge in [-0.05, 0) is 0 Å². The van der Waals surface area contributed by atoms with Crippen molar-refractivity contribution in [2.24, 2.45) is 0 Å². The van der Waals surface area contributed by atoms with Crippen molar-refractivity contribution in [3.8, 4) is 0 Å². The van der Waals surface area contributed by atoms with Crippen LogP contribution in [0.5, 0.6) is 0 Å². The van der Waals surface area contributed by atoms with Gasteiger partial charge in [0.1, 0.15) is 191 Å². The molecule has 8 saturated heterocycles. The standard InChI is InChI=1S/C70H113N5O56/c1-18(86)71-35-21(89)5-70(66(115)116,129-56(35)44(102)28(11-80)125-68(64(111)112)4-22(90)37(74-33(96)15-84)54(127-68)41(99)25(93)8-77)131-58-49(107)62(122-50-29(12-81)118-59(108)47(105)46(50)104)120-30(13-82)51(58)123-60-39(72-19(2)87)52(45(103)31(121-60)17-117-67(63(109)110)3-20(88)36(73-32(95)14-83)53(126-67)40(98)24(92)7-76)124-61-48(106)57(43(101)27(10-79)119-61)130-69(65(113)114)6-23(91)38(75-34(97)16-85)55(128-69)42(100)26(94)9-78/h20-31,35-62,76-85,88-94,98-108H,3-17H2,1-2H3,(H,71,86)(H,72,87)(H,73,95)(H,74,96)(H,75,97)(H,109,110)(H,111,112)(H,113,114)(H,115,116)/t20-,21-,22-,23-,24+,25+,26+,27+,28+,29+,30+,31+,35+,36+,37+,38+,39+,40+,41+,42+,43-,44+,45-,46+,47+,48+,49+,50+,51-,52+,53+,54+,55+,56+,57-,58+,59+,60-,61-,62-,67+,68+,69-,70-/m0/s1. The third-order valence-corrected chi connectivity index (χ3v) is 22.9. The van der Waals surface area contributed by atoms with Crippen LogP contribution in [0.1, 0.15) is 39.5 Å². The number of ether oxygens (including phenoxy) is 15. The highest BCUT2D eigenvalue weighted by molar-refractivity contribution is 5.81. The van der Waals surface area contributed by atoms with Crippen molar-refractivity contribution >= 4 is 53.4 Å². The van der Waals surface area contributed by atoms with Gasteiger partial charge in [0.15, 0.2) is 25.2 Å². The summed E-state index contributed by atoms with van der Waals surface area (Å²) in [6.45, 7) is -14.6. The smallest absolute Gasteiger partial charge is 0.364 e. The van der Waals surface area contributed by atoms with Crippen LogP contribution in [0.4, 0.5) is 0 Å². The molecule has 0 spiro atoms. The van der Waals surface area contributed by atoms with Crippen LogP contribution < -0.4 is 26.6 Å². The van der Waals surface area contributed by atoms with Gasteiger partial charge in [0.2, 0.25) is 29.5 Å². The van der Waals surface area contributed by atoms with E-state index in [0.29, 0.717) is 6.92 Å². The van der Waals surface area contributed by atoms with E-state index in [1.54, 1.807) is 0 Å². The number of carbonyl (C=O) groups is 9. The minimum absolute atomic E-state index is 0.675. The van der Waals surface area contributed by atoms with Crippen LogP contribution in [0.25, 0.3) is 0 Å². The highest BCUT2D eigenvalue weighted by atomic mass is 16.8. The molecule has 0 bridgehead atoms. The monoisotopic (exact) mass is 1920 g/mol. The molecule has 0 aliphatic carbocycles. The Morgan fingerprint density at radius 1 is 0.344 bits per heavy atom. The molecule has 44 atom stereocenters. The lowest BCUT2D eigenvalue weighted by Crippen LogP contribution is -2.73. The Hall–Kier alpha value is -6.49. The average molecular weight is 1920 g/mol. The lowest BCUT2D eigenvalue weighted by molar-refractivity contribution is -0.406. The summed E-state index contributed by atoms with van der Waals surface area (Å²) < 4.78 is 88.1. The molecule has 8 heterocycles. The maximum atomic E-state index is 14.5. The molecule has 37 N–H and O–H groups in total. The van der Waals surface area contributed by atoms with Gasteiger partial charge in [-0.1, -0.05) is 0 Å². The molecule has 5 amide bonds. The first-order chi connectivity index (χ1) is 61.5. The van der Waals surface area contributed by atoms with E-state index in [2.05, 4.69) is 10.6 Å². The van der Waals surface area contributed by atoms with Crippen LogP contribution in [-0.2, 0) is 114 Å². The Bertz CT molecular complexity index is 3780. The minimum atomic E-state index is -3.97. The summed E-state index contributed by atoms with van der Waals surface area (Å²) in [7, 11) is 0. The molecule has 0 aromatic rings. The predicted octanol–water partition coefficient (Wildman–Crippen LogP) is -24.0. The number of rotatable bonds is 42. The molecule has 131 heavy (non-hydrogen) atoms. The largest absolute Gasteiger partial charge is 0.477 e. The number of carboxylic acid groups (broad SMARTS) is 4. The fourth-order valence-electron chi connectivity index (χ4n) is 16.2. The van der Waals surface area contributed by atoms with Crippen LogP contribution in [-0.4, -0.2) is 557 Å². The second-order valence-corrected chi connectivity index (χ2v) is 31.9. The molecule has 0 radical (unpaired) electrons. The van der Waals surface area contributed by atoms with Gasteiger partial charge in [0.25, 0.3) is 23.1 Å². The highest BCUT2D eigenvalue weighted by Gasteiger charge is 2.67. The van der Waals surface area contributed by atoms with Crippen LogP contribution in [0.2, 0.25) is 0 Å². The van der Waals surface area contributed by atoms with Crippen LogP contribution in [0.3, 0.4) is 0 Å². The van der Waals surface area contributed by atoms with Crippen molar-refractivity contribution in [1.82, 2.24) is 26.6 Å². The predicted molar refractivity (Wildman–Crippen MR) is 395 cm³/mol. The first kappa shape index (κ1) is 110. The van der Waals surface area contributed by atoms with Crippen molar-refractivity contribution < 1.29 is 278 Å². The summed E-state index contributed by atoms with van der Waals surface area (Å²) in [5.41, 5.74) is 0. The first-order valence-corrected chi connectivity index (χ1v) is 40.1. The number of aliphatic hydroxyl groups excluding tert-OH is 28. The number of nitrogens with one attached hydrogen (secondary N) is 5. The number of amides is 5. The third kappa shape index (κ3) is 24.2. The summed E-state index contributed by atoms with van der Waals surface area (Å²) in [4.78, 5) is 120. The number of hydrogen-bond acceptors (Lipinski definition) is 52. The van der Waals surface area contributed by atoms with E-state index in [4.69, 9.17) is 71.1 Å². The van der Waals surface area contributed by atoms with E-state index >= 15 is 0 Å². The molecule has 8 aliphatic heterocycles. The fourth-order valence-corrected chi connectivity index (χ4v) is 16.2. The number of aliphatic hydroxyl groups is 28. The Morgan fingerprint density at radius 2 is 0.679 bits per heavy atom.